The maximum Gasteiger partial charge on any atom is 0.415 e. The molecular formula is C22H24N6O3. The van der Waals surface area contributed by atoms with Crippen molar-refractivity contribution in [1.29, 1.82) is 5.26 Å². The quantitative estimate of drug-likeness (QED) is 0.680. The highest BCUT2D eigenvalue weighted by Gasteiger charge is 2.24. The Morgan fingerprint density at radius 3 is 2.58 bits per heavy atom. The van der Waals surface area contributed by atoms with Crippen molar-refractivity contribution in [3.8, 4) is 34.5 Å². The average molecular weight is 420 g/mol. The van der Waals surface area contributed by atoms with E-state index in [0.29, 0.717) is 34.8 Å². The van der Waals surface area contributed by atoms with E-state index in [1.54, 1.807) is 63.8 Å². The zero-order valence-corrected chi connectivity index (χ0v) is 18.1. The molecule has 1 amide bonds. The zero-order valence-electron chi connectivity index (χ0n) is 18.1. The minimum atomic E-state index is -0.671. The van der Waals surface area contributed by atoms with Gasteiger partial charge in [-0.1, -0.05) is 6.07 Å². The minimum Gasteiger partial charge on any atom is -0.508 e. The molecule has 0 radical (unpaired) electrons. The molecule has 0 aliphatic rings. The summed E-state index contributed by atoms with van der Waals surface area (Å²) in [5, 5.41) is 27.8. The number of carbonyl (C=O) groups excluding carboxylic acids is 1. The van der Waals surface area contributed by atoms with E-state index in [1.807, 2.05) is 0 Å². The summed E-state index contributed by atoms with van der Waals surface area (Å²) in [6.45, 7) is 7.44. The van der Waals surface area contributed by atoms with Crippen LogP contribution in [-0.4, -0.2) is 43.1 Å². The molecule has 0 aliphatic carbocycles. The highest BCUT2D eigenvalue weighted by molar-refractivity contribution is 5.88. The topological polar surface area (TPSA) is 117 Å². The number of carbonyl (C=O) groups is 1. The molecule has 0 spiro atoms. The molecule has 0 aliphatic heterocycles. The van der Waals surface area contributed by atoms with Gasteiger partial charge in [0.15, 0.2) is 5.82 Å². The number of hydrogen-bond donors (Lipinski definition) is 1. The van der Waals surface area contributed by atoms with Crippen molar-refractivity contribution in [2.75, 3.05) is 11.4 Å². The van der Waals surface area contributed by atoms with Crippen LogP contribution in [0.15, 0.2) is 36.7 Å². The fourth-order valence-electron chi connectivity index (χ4n) is 3.03. The lowest BCUT2D eigenvalue weighted by atomic mass is 10.00. The van der Waals surface area contributed by atoms with E-state index in [0.717, 1.165) is 0 Å². The van der Waals surface area contributed by atoms with Crippen molar-refractivity contribution in [2.45, 2.75) is 33.3 Å². The fourth-order valence-corrected chi connectivity index (χ4v) is 3.03. The predicted octanol–water partition coefficient (Wildman–Crippen LogP) is 3.88. The van der Waals surface area contributed by atoms with Gasteiger partial charge in [0.1, 0.15) is 23.5 Å². The molecule has 160 valence electrons. The molecule has 9 nitrogen and oxygen atoms in total. The summed E-state index contributed by atoms with van der Waals surface area (Å²) >= 11 is 0. The standard InChI is InChI=1S/C22H24N6O3/c1-6-28(21(30)31-22(2,3)4)19-11-15(29)10-18(25-19)16-8-7-14(12-23)9-17(16)20-26-24-13-27(20)5/h7-11,13H,6H2,1-5H3,(H,25,29). The summed E-state index contributed by atoms with van der Waals surface area (Å²) < 4.78 is 7.19. The molecule has 3 aromatic rings. The van der Waals surface area contributed by atoms with Gasteiger partial charge in [-0.2, -0.15) is 5.26 Å². The van der Waals surface area contributed by atoms with Gasteiger partial charge in [-0.05, 0) is 39.8 Å². The van der Waals surface area contributed by atoms with Gasteiger partial charge < -0.3 is 14.4 Å². The van der Waals surface area contributed by atoms with Crippen LogP contribution in [0.1, 0.15) is 33.3 Å². The number of nitrogens with zero attached hydrogens (tertiary/aromatic N) is 6. The highest BCUT2D eigenvalue weighted by atomic mass is 16.6. The molecule has 3 rings (SSSR count). The lowest BCUT2D eigenvalue weighted by Crippen LogP contribution is -2.37. The van der Waals surface area contributed by atoms with E-state index in [-0.39, 0.29) is 11.6 Å². The number of aromatic nitrogens is 4. The summed E-state index contributed by atoms with van der Waals surface area (Å²) in [7, 11) is 1.79. The second-order valence-electron chi connectivity index (χ2n) is 7.93. The number of hydrogen-bond acceptors (Lipinski definition) is 7. The van der Waals surface area contributed by atoms with E-state index in [2.05, 4.69) is 21.3 Å². The Balaban J connectivity index is 2.13. The number of amides is 1. The van der Waals surface area contributed by atoms with Gasteiger partial charge in [0.2, 0.25) is 0 Å². The Kier molecular flexibility index (Phi) is 5.92. The smallest absolute Gasteiger partial charge is 0.415 e. The number of ether oxygens (including phenoxy) is 1. The van der Waals surface area contributed by atoms with E-state index in [1.165, 1.54) is 17.0 Å². The van der Waals surface area contributed by atoms with Crippen LogP contribution in [0, 0.1) is 11.3 Å². The molecule has 0 fully saturated rings. The number of aryl methyl sites for hydroxylation is 1. The molecule has 0 saturated heterocycles. The van der Waals surface area contributed by atoms with E-state index >= 15 is 0 Å². The third-order valence-electron chi connectivity index (χ3n) is 4.38. The summed E-state index contributed by atoms with van der Waals surface area (Å²) in [6, 6.07) is 10.1. The Morgan fingerprint density at radius 1 is 1.26 bits per heavy atom. The molecule has 9 heteroatoms. The Labute approximate surface area is 180 Å². The van der Waals surface area contributed by atoms with E-state index in [4.69, 9.17) is 4.74 Å². The SMILES string of the molecule is CCN(C(=O)OC(C)(C)C)c1cc(O)cc(-c2ccc(C#N)cc2-c2nncn2C)n1. The predicted molar refractivity (Wildman–Crippen MR) is 115 cm³/mol. The van der Waals surface area contributed by atoms with Crippen LogP contribution in [0.25, 0.3) is 22.6 Å². The first-order valence-corrected chi connectivity index (χ1v) is 9.73. The van der Waals surface area contributed by atoms with Gasteiger partial charge >= 0.3 is 6.09 Å². The van der Waals surface area contributed by atoms with Crippen LogP contribution in [0.2, 0.25) is 0 Å². The molecule has 0 saturated carbocycles. The first kappa shape index (κ1) is 21.8. The normalized spacial score (nSPS) is 11.1. The van der Waals surface area contributed by atoms with Gasteiger partial charge in [-0.3, -0.25) is 4.90 Å². The summed E-state index contributed by atoms with van der Waals surface area (Å²) in [5.74, 6) is 0.730. The number of rotatable bonds is 4. The second kappa shape index (κ2) is 8.44. The maximum atomic E-state index is 12.7. The van der Waals surface area contributed by atoms with Crippen LogP contribution in [0.4, 0.5) is 10.6 Å². The number of aromatic hydroxyl groups is 1. The van der Waals surface area contributed by atoms with Crippen LogP contribution >= 0.6 is 0 Å². The first-order valence-electron chi connectivity index (χ1n) is 9.73. The Hall–Kier alpha value is -3.93. The van der Waals surface area contributed by atoms with Crippen molar-refractivity contribution < 1.29 is 14.6 Å². The lowest BCUT2D eigenvalue weighted by Gasteiger charge is -2.26. The van der Waals surface area contributed by atoms with Crippen molar-refractivity contribution in [2.24, 2.45) is 7.05 Å². The van der Waals surface area contributed by atoms with Gasteiger partial charge in [0.05, 0.1) is 17.3 Å². The van der Waals surface area contributed by atoms with Crippen molar-refractivity contribution in [3.05, 3.63) is 42.2 Å². The molecule has 31 heavy (non-hydrogen) atoms. The molecule has 2 heterocycles. The Morgan fingerprint density at radius 2 is 2.00 bits per heavy atom. The monoisotopic (exact) mass is 420 g/mol. The van der Waals surface area contributed by atoms with Crippen LogP contribution in [-0.2, 0) is 11.8 Å². The Bertz CT molecular complexity index is 1160. The third kappa shape index (κ3) is 4.80. The van der Waals surface area contributed by atoms with Crippen molar-refractivity contribution in [3.63, 3.8) is 0 Å². The maximum absolute atomic E-state index is 12.7. The third-order valence-corrected chi connectivity index (χ3v) is 4.38. The number of nitriles is 1. The molecule has 2 aromatic heterocycles. The largest absolute Gasteiger partial charge is 0.508 e. The molecular weight excluding hydrogens is 396 g/mol. The van der Waals surface area contributed by atoms with E-state index in [9.17, 15) is 15.2 Å². The van der Waals surface area contributed by atoms with Gasteiger partial charge in [0.25, 0.3) is 0 Å². The second-order valence-corrected chi connectivity index (χ2v) is 7.93. The summed E-state index contributed by atoms with van der Waals surface area (Å²) in [4.78, 5) is 18.6. The lowest BCUT2D eigenvalue weighted by molar-refractivity contribution is 0.0581. The molecule has 1 aromatic carbocycles. The highest BCUT2D eigenvalue weighted by Crippen LogP contribution is 2.34. The minimum absolute atomic E-state index is 0.0599. The van der Waals surface area contributed by atoms with E-state index < -0.39 is 11.7 Å². The summed E-state index contributed by atoms with van der Waals surface area (Å²) in [6.07, 6.45) is 0.994. The van der Waals surface area contributed by atoms with Crippen LogP contribution < -0.4 is 4.90 Å². The summed E-state index contributed by atoms with van der Waals surface area (Å²) in [5.41, 5.74) is 1.46. The van der Waals surface area contributed by atoms with Crippen LogP contribution in [0.5, 0.6) is 5.75 Å². The molecule has 0 bridgehead atoms. The average Bonchev–Trinajstić information content (AvgIpc) is 3.12. The zero-order chi connectivity index (χ0) is 22.8. The number of anilines is 1. The van der Waals surface area contributed by atoms with Gasteiger partial charge in [0, 0.05) is 36.9 Å². The fraction of sp³-hybridized carbons (Fsp3) is 0.318. The number of benzene rings is 1. The number of pyridine rings is 1. The molecule has 0 unspecified atom stereocenters. The molecule has 1 N–H and O–H groups in total. The van der Waals surface area contributed by atoms with Crippen LogP contribution in [0.3, 0.4) is 0 Å². The van der Waals surface area contributed by atoms with Gasteiger partial charge in [-0.15, -0.1) is 10.2 Å². The first-order chi connectivity index (χ1) is 14.6. The van der Waals surface area contributed by atoms with Gasteiger partial charge in [-0.25, -0.2) is 9.78 Å². The van der Waals surface area contributed by atoms with Crippen molar-refractivity contribution >= 4 is 11.9 Å². The van der Waals surface area contributed by atoms with Crippen molar-refractivity contribution in [1.82, 2.24) is 19.7 Å². The molecule has 0 atom stereocenters.